The van der Waals surface area contributed by atoms with Crippen LogP contribution in [0.15, 0.2) is 18.2 Å². The minimum atomic E-state index is -0.773. The molecule has 0 radical (unpaired) electrons. The summed E-state index contributed by atoms with van der Waals surface area (Å²) < 4.78 is 26.3. The van der Waals surface area contributed by atoms with Crippen molar-refractivity contribution in [3.63, 3.8) is 0 Å². The molecule has 2 unspecified atom stereocenters. The van der Waals surface area contributed by atoms with Crippen molar-refractivity contribution in [1.82, 2.24) is 5.32 Å². The summed E-state index contributed by atoms with van der Waals surface area (Å²) in [6.45, 7) is 2.88. The lowest BCUT2D eigenvalue weighted by Crippen LogP contribution is -2.31. The van der Waals surface area contributed by atoms with Crippen LogP contribution >= 0.6 is 11.8 Å². The van der Waals surface area contributed by atoms with Gasteiger partial charge in [-0.25, -0.2) is 8.78 Å². The van der Waals surface area contributed by atoms with Crippen LogP contribution in [0.4, 0.5) is 8.78 Å². The third kappa shape index (κ3) is 3.23. The van der Waals surface area contributed by atoms with Crippen LogP contribution in [0.1, 0.15) is 37.8 Å². The van der Waals surface area contributed by atoms with Crippen molar-refractivity contribution in [2.24, 2.45) is 0 Å². The normalized spacial score (nSPS) is 21.8. The van der Waals surface area contributed by atoms with Crippen LogP contribution in [-0.2, 0) is 0 Å². The zero-order valence-electron chi connectivity index (χ0n) is 10.6. The molecule has 1 saturated heterocycles. The van der Waals surface area contributed by atoms with Crippen molar-refractivity contribution in [2.75, 3.05) is 12.3 Å². The van der Waals surface area contributed by atoms with Crippen molar-refractivity contribution >= 4 is 11.8 Å². The van der Waals surface area contributed by atoms with Crippen LogP contribution in [0, 0.1) is 11.6 Å². The first-order valence-electron chi connectivity index (χ1n) is 6.52. The molecule has 1 aliphatic rings. The van der Waals surface area contributed by atoms with Gasteiger partial charge in [-0.15, -0.1) is 0 Å². The van der Waals surface area contributed by atoms with Crippen LogP contribution in [0.3, 0.4) is 0 Å². The van der Waals surface area contributed by atoms with Crippen molar-refractivity contribution in [1.29, 1.82) is 0 Å². The summed E-state index contributed by atoms with van der Waals surface area (Å²) in [5, 5.41) is 3.87. The summed E-state index contributed by atoms with van der Waals surface area (Å²) in [7, 11) is 0. The summed E-state index contributed by atoms with van der Waals surface area (Å²) >= 11 is 1.94. The lowest BCUT2D eigenvalue weighted by Gasteiger charge is -2.30. The van der Waals surface area contributed by atoms with Gasteiger partial charge in [-0.1, -0.05) is 19.4 Å². The molecule has 1 N–H and O–H groups in total. The van der Waals surface area contributed by atoms with Gasteiger partial charge in [0.1, 0.15) is 0 Å². The number of thioether (sulfide) groups is 1. The van der Waals surface area contributed by atoms with Crippen LogP contribution < -0.4 is 5.32 Å². The maximum absolute atomic E-state index is 13.3. The quantitative estimate of drug-likeness (QED) is 0.891. The molecule has 1 aromatic carbocycles. The third-order valence-corrected chi connectivity index (χ3v) is 4.77. The van der Waals surface area contributed by atoms with Crippen molar-refractivity contribution in [3.05, 3.63) is 35.4 Å². The van der Waals surface area contributed by atoms with E-state index in [0.29, 0.717) is 5.25 Å². The van der Waals surface area contributed by atoms with E-state index >= 15 is 0 Å². The maximum atomic E-state index is 13.3. The Hall–Kier alpha value is -0.610. The standard InChI is InChI=1S/C14H19F2NS/c1-2-17-14(13-5-3-4-8-18-13)10-6-7-11(15)12(16)9-10/h6-7,9,13-14,17H,2-5,8H2,1H3. The molecule has 4 heteroatoms. The Kier molecular flexibility index (Phi) is 5.01. The molecule has 1 heterocycles. The van der Waals surface area contributed by atoms with Gasteiger partial charge in [-0.3, -0.25) is 0 Å². The second-order valence-corrected chi connectivity index (χ2v) is 5.96. The molecule has 0 amide bonds. The molecule has 1 nitrogen and oxygen atoms in total. The number of rotatable bonds is 4. The third-order valence-electron chi connectivity index (χ3n) is 3.31. The summed E-state index contributed by atoms with van der Waals surface area (Å²) in [6.07, 6.45) is 3.63. The maximum Gasteiger partial charge on any atom is 0.159 e. The summed E-state index contributed by atoms with van der Waals surface area (Å²) in [5.41, 5.74) is 0.857. The van der Waals surface area contributed by atoms with Gasteiger partial charge in [-0.05, 0) is 42.8 Å². The molecule has 0 saturated carbocycles. The SMILES string of the molecule is CCNC(c1ccc(F)c(F)c1)C1CCCCS1. The Balaban J connectivity index is 2.19. The van der Waals surface area contributed by atoms with Gasteiger partial charge < -0.3 is 5.32 Å². The van der Waals surface area contributed by atoms with Gasteiger partial charge in [0.2, 0.25) is 0 Å². The molecule has 2 atom stereocenters. The molecular formula is C14H19F2NS. The second-order valence-electron chi connectivity index (χ2n) is 4.61. The number of hydrogen-bond acceptors (Lipinski definition) is 2. The zero-order valence-corrected chi connectivity index (χ0v) is 11.4. The van der Waals surface area contributed by atoms with Crippen LogP contribution in [-0.4, -0.2) is 17.5 Å². The Morgan fingerprint density at radius 2 is 2.17 bits per heavy atom. The van der Waals surface area contributed by atoms with E-state index < -0.39 is 11.6 Å². The van der Waals surface area contributed by atoms with E-state index in [1.165, 1.54) is 25.0 Å². The number of hydrogen-bond donors (Lipinski definition) is 1. The summed E-state index contributed by atoms with van der Waals surface area (Å²) in [4.78, 5) is 0. The van der Waals surface area contributed by atoms with E-state index in [1.807, 2.05) is 18.7 Å². The monoisotopic (exact) mass is 271 g/mol. The number of halogens is 2. The molecule has 1 fully saturated rings. The minimum Gasteiger partial charge on any atom is -0.309 e. The summed E-state index contributed by atoms with van der Waals surface area (Å²) in [6, 6.07) is 4.37. The van der Waals surface area contributed by atoms with E-state index in [1.54, 1.807) is 6.07 Å². The first-order chi connectivity index (χ1) is 8.72. The number of benzene rings is 1. The van der Waals surface area contributed by atoms with Crippen molar-refractivity contribution in [2.45, 2.75) is 37.5 Å². The average Bonchev–Trinajstić information content (AvgIpc) is 2.40. The highest BCUT2D eigenvalue weighted by molar-refractivity contribution is 8.00. The number of nitrogens with one attached hydrogen (secondary N) is 1. The van der Waals surface area contributed by atoms with Gasteiger partial charge in [0.05, 0.1) is 0 Å². The van der Waals surface area contributed by atoms with Gasteiger partial charge >= 0.3 is 0 Å². The minimum absolute atomic E-state index is 0.121. The van der Waals surface area contributed by atoms with Gasteiger partial charge in [-0.2, -0.15) is 11.8 Å². The average molecular weight is 271 g/mol. The van der Waals surface area contributed by atoms with E-state index in [-0.39, 0.29) is 6.04 Å². The fraction of sp³-hybridized carbons (Fsp3) is 0.571. The highest BCUT2D eigenvalue weighted by Crippen LogP contribution is 2.35. The van der Waals surface area contributed by atoms with Crippen molar-refractivity contribution < 1.29 is 8.78 Å². The molecular weight excluding hydrogens is 252 g/mol. The lowest BCUT2D eigenvalue weighted by molar-refractivity contribution is 0.477. The molecule has 1 aliphatic heterocycles. The molecule has 0 bridgehead atoms. The molecule has 18 heavy (non-hydrogen) atoms. The molecule has 2 rings (SSSR count). The fourth-order valence-corrected chi connectivity index (χ4v) is 3.87. The van der Waals surface area contributed by atoms with E-state index in [9.17, 15) is 8.78 Å². The molecule has 1 aromatic rings. The van der Waals surface area contributed by atoms with E-state index in [4.69, 9.17) is 0 Å². The van der Waals surface area contributed by atoms with Crippen LogP contribution in [0.5, 0.6) is 0 Å². The largest absolute Gasteiger partial charge is 0.309 e. The predicted molar refractivity (Wildman–Crippen MR) is 72.9 cm³/mol. The Labute approximate surface area is 111 Å². The first-order valence-corrected chi connectivity index (χ1v) is 7.57. The molecule has 0 spiro atoms. The van der Waals surface area contributed by atoms with Crippen LogP contribution in [0.2, 0.25) is 0 Å². The molecule has 0 aliphatic carbocycles. The van der Waals surface area contributed by atoms with Gasteiger partial charge in [0.25, 0.3) is 0 Å². The smallest absolute Gasteiger partial charge is 0.159 e. The molecule has 100 valence electrons. The molecule has 0 aromatic heterocycles. The van der Waals surface area contributed by atoms with Gasteiger partial charge in [0.15, 0.2) is 11.6 Å². The Morgan fingerprint density at radius 1 is 1.33 bits per heavy atom. The Morgan fingerprint density at radius 3 is 2.78 bits per heavy atom. The zero-order chi connectivity index (χ0) is 13.0. The van der Waals surface area contributed by atoms with E-state index in [2.05, 4.69) is 5.32 Å². The highest BCUT2D eigenvalue weighted by Gasteiger charge is 2.25. The van der Waals surface area contributed by atoms with Crippen molar-refractivity contribution in [3.8, 4) is 0 Å². The van der Waals surface area contributed by atoms with Crippen LogP contribution in [0.25, 0.3) is 0 Å². The van der Waals surface area contributed by atoms with Gasteiger partial charge in [0, 0.05) is 11.3 Å². The fourth-order valence-electron chi connectivity index (χ4n) is 2.42. The Bertz CT molecular complexity index is 391. The lowest BCUT2D eigenvalue weighted by atomic mass is 9.99. The first kappa shape index (κ1) is 13.8. The second kappa shape index (κ2) is 6.53. The topological polar surface area (TPSA) is 12.0 Å². The predicted octanol–water partition coefficient (Wildman–Crippen LogP) is 3.90. The van der Waals surface area contributed by atoms with E-state index in [0.717, 1.165) is 24.3 Å². The summed E-state index contributed by atoms with van der Waals surface area (Å²) in [5.74, 6) is -0.363. The highest BCUT2D eigenvalue weighted by atomic mass is 32.2.